The van der Waals surface area contributed by atoms with Crippen LogP contribution in [0.5, 0.6) is 0 Å². The Morgan fingerprint density at radius 1 is 1.27 bits per heavy atom. The Hall–Kier alpha value is -1.36. The molecule has 0 saturated carbocycles. The predicted molar refractivity (Wildman–Crippen MR) is 60.8 cm³/mol. The lowest BCUT2D eigenvalue weighted by atomic mass is 10.4. The molecule has 1 aromatic rings. The van der Waals surface area contributed by atoms with Gasteiger partial charge >= 0.3 is 0 Å². The first-order valence-corrected chi connectivity index (χ1v) is 5.28. The van der Waals surface area contributed by atoms with Crippen molar-refractivity contribution in [1.82, 2.24) is 14.9 Å². The third-order valence-electron chi connectivity index (χ3n) is 2.67. The van der Waals surface area contributed by atoms with Gasteiger partial charge in [-0.15, -0.1) is 0 Å². The maximum atomic E-state index is 5.64. The summed E-state index contributed by atoms with van der Waals surface area (Å²) in [5.74, 6) is 1.29. The van der Waals surface area contributed by atoms with Gasteiger partial charge in [0.2, 0.25) is 5.95 Å². The van der Waals surface area contributed by atoms with E-state index in [1.165, 1.54) is 0 Å². The summed E-state index contributed by atoms with van der Waals surface area (Å²) in [7, 11) is 2.14. The van der Waals surface area contributed by atoms with Crippen molar-refractivity contribution >= 4 is 11.8 Å². The van der Waals surface area contributed by atoms with Crippen LogP contribution in [0.4, 0.5) is 11.8 Å². The van der Waals surface area contributed by atoms with E-state index in [4.69, 9.17) is 5.73 Å². The van der Waals surface area contributed by atoms with E-state index < -0.39 is 0 Å². The molecule has 0 atom stereocenters. The number of nitrogens with zero attached hydrogens (tertiary/aromatic N) is 4. The summed E-state index contributed by atoms with van der Waals surface area (Å²) in [5, 5.41) is 0. The van der Waals surface area contributed by atoms with Gasteiger partial charge in [-0.25, -0.2) is 4.98 Å². The van der Waals surface area contributed by atoms with Crippen LogP contribution in [0.1, 0.15) is 6.42 Å². The van der Waals surface area contributed by atoms with E-state index in [9.17, 15) is 0 Å². The fourth-order valence-corrected chi connectivity index (χ4v) is 1.76. The molecule has 15 heavy (non-hydrogen) atoms. The molecule has 0 aromatic carbocycles. The van der Waals surface area contributed by atoms with Crippen LogP contribution in [0.15, 0.2) is 12.3 Å². The van der Waals surface area contributed by atoms with E-state index in [0.29, 0.717) is 5.82 Å². The molecule has 1 saturated heterocycles. The molecule has 5 heteroatoms. The van der Waals surface area contributed by atoms with E-state index in [1.807, 2.05) is 0 Å². The van der Waals surface area contributed by atoms with Gasteiger partial charge in [-0.05, 0) is 26.1 Å². The van der Waals surface area contributed by atoms with Crippen LogP contribution in [0.2, 0.25) is 0 Å². The van der Waals surface area contributed by atoms with Gasteiger partial charge < -0.3 is 15.5 Å². The van der Waals surface area contributed by atoms with Crippen molar-refractivity contribution in [1.29, 1.82) is 0 Å². The van der Waals surface area contributed by atoms with E-state index in [1.54, 1.807) is 12.3 Å². The molecule has 1 aliphatic heterocycles. The number of likely N-dealkylation sites (N-methyl/N-ethyl adjacent to an activating group) is 1. The molecule has 1 fully saturated rings. The topological polar surface area (TPSA) is 58.3 Å². The normalized spacial score (nSPS) is 18.9. The molecule has 0 amide bonds. The van der Waals surface area contributed by atoms with Crippen molar-refractivity contribution in [3.63, 3.8) is 0 Å². The van der Waals surface area contributed by atoms with Gasteiger partial charge in [0.15, 0.2) is 0 Å². The first-order valence-electron chi connectivity index (χ1n) is 5.28. The van der Waals surface area contributed by atoms with Crippen LogP contribution in [-0.4, -0.2) is 48.1 Å². The van der Waals surface area contributed by atoms with Crippen molar-refractivity contribution in [2.24, 2.45) is 0 Å². The second-order valence-electron chi connectivity index (χ2n) is 3.93. The molecular formula is C10H17N5. The number of anilines is 2. The van der Waals surface area contributed by atoms with Gasteiger partial charge in [0, 0.05) is 25.8 Å². The molecule has 1 aliphatic rings. The summed E-state index contributed by atoms with van der Waals surface area (Å²) >= 11 is 0. The van der Waals surface area contributed by atoms with E-state index >= 15 is 0 Å². The molecule has 2 rings (SSSR count). The highest BCUT2D eigenvalue weighted by Crippen LogP contribution is 2.11. The molecule has 0 radical (unpaired) electrons. The molecule has 2 N–H and O–H groups in total. The molecule has 82 valence electrons. The lowest BCUT2D eigenvalue weighted by Gasteiger charge is -2.20. The summed E-state index contributed by atoms with van der Waals surface area (Å²) < 4.78 is 0. The Morgan fingerprint density at radius 2 is 2.13 bits per heavy atom. The standard InChI is InChI=1S/C10H17N5/c1-14-5-2-6-15(8-7-14)10-12-4-3-9(11)13-10/h3-4H,2,5-8H2,1H3,(H2,11,12,13). The van der Waals surface area contributed by atoms with Crippen LogP contribution in [0.25, 0.3) is 0 Å². The summed E-state index contributed by atoms with van der Waals surface area (Å²) in [6.45, 7) is 4.17. The highest BCUT2D eigenvalue weighted by atomic mass is 15.3. The molecule has 1 aromatic heterocycles. The third kappa shape index (κ3) is 2.56. The quantitative estimate of drug-likeness (QED) is 0.713. The van der Waals surface area contributed by atoms with Crippen LogP contribution < -0.4 is 10.6 Å². The summed E-state index contributed by atoms with van der Waals surface area (Å²) in [4.78, 5) is 13.0. The zero-order valence-corrected chi connectivity index (χ0v) is 9.06. The van der Waals surface area contributed by atoms with Gasteiger partial charge in [0.05, 0.1) is 0 Å². The zero-order chi connectivity index (χ0) is 10.7. The molecule has 0 spiro atoms. The van der Waals surface area contributed by atoms with Gasteiger partial charge in [0.1, 0.15) is 5.82 Å². The number of nitrogen functional groups attached to an aromatic ring is 1. The smallest absolute Gasteiger partial charge is 0.227 e. The van der Waals surface area contributed by atoms with Crippen LogP contribution in [0, 0.1) is 0 Å². The fraction of sp³-hybridized carbons (Fsp3) is 0.600. The van der Waals surface area contributed by atoms with Crippen molar-refractivity contribution in [3.8, 4) is 0 Å². The summed E-state index contributed by atoms with van der Waals surface area (Å²) in [6, 6.07) is 1.72. The highest BCUT2D eigenvalue weighted by molar-refractivity contribution is 5.37. The third-order valence-corrected chi connectivity index (χ3v) is 2.67. The monoisotopic (exact) mass is 207 g/mol. The first kappa shape index (κ1) is 10.2. The minimum absolute atomic E-state index is 0.539. The van der Waals surface area contributed by atoms with Crippen LogP contribution in [-0.2, 0) is 0 Å². The maximum absolute atomic E-state index is 5.64. The van der Waals surface area contributed by atoms with E-state index in [-0.39, 0.29) is 0 Å². The van der Waals surface area contributed by atoms with Gasteiger partial charge in [-0.2, -0.15) is 4.98 Å². The van der Waals surface area contributed by atoms with Crippen LogP contribution >= 0.6 is 0 Å². The Bertz CT molecular complexity index is 327. The molecule has 2 heterocycles. The van der Waals surface area contributed by atoms with Gasteiger partial charge in [0.25, 0.3) is 0 Å². The van der Waals surface area contributed by atoms with Crippen molar-refractivity contribution in [2.75, 3.05) is 43.9 Å². The first-order chi connectivity index (χ1) is 7.25. The average molecular weight is 207 g/mol. The predicted octanol–water partition coefficient (Wildman–Crippen LogP) is 0.201. The summed E-state index contributed by atoms with van der Waals surface area (Å²) in [6.07, 6.45) is 2.86. The minimum Gasteiger partial charge on any atom is -0.384 e. The zero-order valence-electron chi connectivity index (χ0n) is 9.06. The second kappa shape index (κ2) is 4.44. The molecule has 0 aliphatic carbocycles. The molecule has 0 unspecified atom stereocenters. The van der Waals surface area contributed by atoms with Gasteiger partial charge in [-0.3, -0.25) is 0 Å². The number of aromatic nitrogens is 2. The Morgan fingerprint density at radius 3 is 2.93 bits per heavy atom. The SMILES string of the molecule is CN1CCCN(c2nccc(N)n2)CC1. The minimum atomic E-state index is 0.539. The highest BCUT2D eigenvalue weighted by Gasteiger charge is 2.14. The number of hydrogen-bond acceptors (Lipinski definition) is 5. The number of hydrogen-bond donors (Lipinski definition) is 1. The van der Waals surface area contributed by atoms with Crippen molar-refractivity contribution < 1.29 is 0 Å². The van der Waals surface area contributed by atoms with Crippen molar-refractivity contribution in [2.45, 2.75) is 6.42 Å². The largest absolute Gasteiger partial charge is 0.384 e. The van der Waals surface area contributed by atoms with Crippen LogP contribution in [0.3, 0.4) is 0 Å². The Kier molecular flexibility index (Phi) is 3.01. The molecule has 0 bridgehead atoms. The lowest BCUT2D eigenvalue weighted by Crippen LogP contribution is -2.30. The van der Waals surface area contributed by atoms with E-state index in [2.05, 4.69) is 26.8 Å². The fourth-order valence-electron chi connectivity index (χ4n) is 1.76. The molecular weight excluding hydrogens is 190 g/mol. The average Bonchev–Trinajstić information content (AvgIpc) is 2.43. The van der Waals surface area contributed by atoms with Crippen molar-refractivity contribution in [3.05, 3.63) is 12.3 Å². The maximum Gasteiger partial charge on any atom is 0.227 e. The Balaban J connectivity index is 2.09. The second-order valence-corrected chi connectivity index (χ2v) is 3.93. The number of rotatable bonds is 1. The summed E-state index contributed by atoms with van der Waals surface area (Å²) in [5.41, 5.74) is 5.64. The molecule has 5 nitrogen and oxygen atoms in total. The van der Waals surface area contributed by atoms with Gasteiger partial charge in [-0.1, -0.05) is 0 Å². The van der Waals surface area contributed by atoms with E-state index in [0.717, 1.165) is 38.5 Å². The lowest BCUT2D eigenvalue weighted by molar-refractivity contribution is 0.360. The Labute approximate surface area is 89.9 Å². The number of nitrogens with two attached hydrogens (primary N) is 1.